The highest BCUT2D eigenvalue weighted by Crippen LogP contribution is 2.63. The number of nitriles is 1. The molecule has 2 atom stereocenters. The van der Waals surface area contributed by atoms with Crippen molar-refractivity contribution in [1.82, 2.24) is 10.1 Å². The molecule has 92 valence electrons. The van der Waals surface area contributed by atoms with Crippen LogP contribution in [0.15, 0.2) is 4.52 Å². The van der Waals surface area contributed by atoms with Crippen molar-refractivity contribution in [1.29, 1.82) is 5.26 Å². The fraction of sp³-hybridized carbons (Fsp3) is 0.750. The molecule has 0 bridgehead atoms. The molecule has 1 aliphatic carbocycles. The fourth-order valence-corrected chi connectivity index (χ4v) is 2.10. The molecule has 2 rings (SSSR count). The first-order chi connectivity index (χ1) is 8.11. The predicted molar refractivity (Wildman–Crippen MR) is 59.9 cm³/mol. The molecule has 1 aliphatic rings. The summed E-state index contributed by atoms with van der Waals surface area (Å²) in [4.78, 5) is 4.28. The molecule has 2 unspecified atom stereocenters. The molecule has 0 amide bonds. The molecule has 0 spiro atoms. The Morgan fingerprint density at radius 2 is 2.29 bits per heavy atom. The minimum absolute atomic E-state index is 0.0210. The number of aromatic nitrogens is 2. The molecule has 0 aromatic carbocycles. The zero-order chi connectivity index (χ0) is 12.5. The first-order valence-corrected chi connectivity index (χ1v) is 5.91. The summed E-state index contributed by atoms with van der Waals surface area (Å²) in [6, 6.07) is 2.28. The van der Waals surface area contributed by atoms with Gasteiger partial charge in [0.25, 0.3) is 0 Å². The molecule has 5 nitrogen and oxygen atoms in total. The van der Waals surface area contributed by atoms with Gasteiger partial charge in [0.15, 0.2) is 5.82 Å². The van der Waals surface area contributed by atoms with Gasteiger partial charge in [-0.3, -0.25) is 0 Å². The largest absolute Gasteiger partial charge is 0.373 e. The Hall–Kier alpha value is -1.41. The van der Waals surface area contributed by atoms with Gasteiger partial charge < -0.3 is 9.26 Å². The zero-order valence-electron chi connectivity index (χ0n) is 10.4. The summed E-state index contributed by atoms with van der Waals surface area (Å²) in [5.74, 6) is 1.18. The van der Waals surface area contributed by atoms with Crippen molar-refractivity contribution in [3.63, 3.8) is 0 Å². The van der Waals surface area contributed by atoms with Gasteiger partial charge in [-0.1, -0.05) is 25.9 Å². The van der Waals surface area contributed by atoms with Crippen molar-refractivity contribution in [2.75, 3.05) is 6.61 Å². The summed E-state index contributed by atoms with van der Waals surface area (Å²) >= 11 is 0. The Balaban J connectivity index is 1.98. The molecule has 1 fully saturated rings. The van der Waals surface area contributed by atoms with Crippen molar-refractivity contribution in [3.8, 4) is 6.07 Å². The van der Waals surface area contributed by atoms with E-state index < -0.39 is 0 Å². The lowest BCUT2D eigenvalue weighted by atomic mass is 10.1. The van der Waals surface area contributed by atoms with E-state index in [2.05, 4.69) is 16.2 Å². The molecule has 5 heteroatoms. The van der Waals surface area contributed by atoms with Crippen molar-refractivity contribution in [2.24, 2.45) is 11.3 Å². The van der Waals surface area contributed by atoms with E-state index in [1.165, 1.54) is 0 Å². The SMILES string of the molecule is CCCOCc1noc(C2C(C#N)C2(C)C)n1. The zero-order valence-corrected chi connectivity index (χ0v) is 10.4. The Bertz CT molecular complexity index is 433. The van der Waals surface area contributed by atoms with Crippen molar-refractivity contribution in [3.05, 3.63) is 11.7 Å². The van der Waals surface area contributed by atoms with E-state index in [0.717, 1.165) is 6.42 Å². The van der Waals surface area contributed by atoms with Crippen molar-refractivity contribution >= 4 is 0 Å². The molecule has 0 radical (unpaired) electrons. The lowest BCUT2D eigenvalue weighted by Crippen LogP contribution is -1.96. The van der Waals surface area contributed by atoms with Gasteiger partial charge in [-0.2, -0.15) is 10.2 Å². The Morgan fingerprint density at radius 1 is 1.53 bits per heavy atom. The smallest absolute Gasteiger partial charge is 0.231 e. The van der Waals surface area contributed by atoms with Crippen molar-refractivity contribution < 1.29 is 9.26 Å². The van der Waals surface area contributed by atoms with E-state index in [1.807, 2.05) is 20.8 Å². The van der Waals surface area contributed by atoms with Crippen LogP contribution in [0, 0.1) is 22.7 Å². The highest BCUT2D eigenvalue weighted by atomic mass is 16.5. The lowest BCUT2D eigenvalue weighted by Gasteiger charge is -1.96. The highest BCUT2D eigenvalue weighted by Gasteiger charge is 2.62. The Labute approximate surface area is 101 Å². The third kappa shape index (κ3) is 2.18. The second-order valence-electron chi connectivity index (χ2n) is 5.01. The summed E-state index contributed by atoms with van der Waals surface area (Å²) in [7, 11) is 0. The molecule has 1 aromatic heterocycles. The Kier molecular flexibility index (Phi) is 3.16. The highest BCUT2D eigenvalue weighted by molar-refractivity contribution is 5.26. The van der Waals surface area contributed by atoms with Gasteiger partial charge in [0.1, 0.15) is 6.61 Å². The standard InChI is InChI=1S/C12H17N3O2/c1-4-5-16-7-9-14-11(17-15-9)10-8(6-13)12(10,2)3/h8,10H,4-5,7H2,1-3H3. The van der Waals surface area contributed by atoms with Crippen LogP contribution in [0.2, 0.25) is 0 Å². The van der Waals surface area contributed by atoms with E-state index in [0.29, 0.717) is 24.9 Å². The number of hydrogen-bond acceptors (Lipinski definition) is 5. The monoisotopic (exact) mass is 235 g/mol. The van der Waals surface area contributed by atoms with E-state index in [9.17, 15) is 0 Å². The quantitative estimate of drug-likeness (QED) is 0.732. The second kappa shape index (κ2) is 4.46. The maximum Gasteiger partial charge on any atom is 0.231 e. The van der Waals surface area contributed by atoms with E-state index in [-0.39, 0.29) is 17.3 Å². The van der Waals surface area contributed by atoms with Gasteiger partial charge in [0.05, 0.1) is 17.9 Å². The van der Waals surface area contributed by atoms with Crippen LogP contribution >= 0.6 is 0 Å². The third-order valence-electron chi connectivity index (χ3n) is 3.30. The maximum atomic E-state index is 8.99. The van der Waals surface area contributed by atoms with Crippen LogP contribution < -0.4 is 0 Å². The number of rotatable bonds is 5. The second-order valence-corrected chi connectivity index (χ2v) is 5.01. The normalized spacial score (nSPS) is 25.5. The number of hydrogen-bond donors (Lipinski definition) is 0. The van der Waals surface area contributed by atoms with Crippen molar-refractivity contribution in [2.45, 2.75) is 39.7 Å². The lowest BCUT2D eigenvalue weighted by molar-refractivity contribution is 0.114. The number of ether oxygens (including phenoxy) is 1. The first-order valence-electron chi connectivity index (χ1n) is 5.91. The van der Waals surface area contributed by atoms with Crippen LogP contribution in [0.1, 0.15) is 44.8 Å². The van der Waals surface area contributed by atoms with Gasteiger partial charge in [-0.05, 0) is 11.8 Å². The summed E-state index contributed by atoms with van der Waals surface area (Å²) in [5, 5.41) is 12.9. The predicted octanol–water partition coefficient (Wildman–Crippen LogP) is 2.26. The first kappa shape index (κ1) is 12.1. The van der Waals surface area contributed by atoms with Gasteiger partial charge in [-0.25, -0.2) is 0 Å². The summed E-state index contributed by atoms with van der Waals surface area (Å²) < 4.78 is 10.5. The van der Waals surface area contributed by atoms with E-state index >= 15 is 0 Å². The van der Waals surface area contributed by atoms with Gasteiger partial charge in [-0.15, -0.1) is 0 Å². The van der Waals surface area contributed by atoms with Crippen LogP contribution in [-0.4, -0.2) is 16.7 Å². The van der Waals surface area contributed by atoms with Crippen LogP contribution in [0.5, 0.6) is 0 Å². The molecule has 0 saturated heterocycles. The summed E-state index contributed by atoms with van der Waals surface area (Å²) in [6.07, 6.45) is 0.969. The maximum absolute atomic E-state index is 8.99. The third-order valence-corrected chi connectivity index (χ3v) is 3.30. The minimum Gasteiger partial charge on any atom is -0.373 e. The van der Waals surface area contributed by atoms with Gasteiger partial charge in [0, 0.05) is 6.61 Å². The average molecular weight is 235 g/mol. The Morgan fingerprint density at radius 3 is 2.88 bits per heavy atom. The molecule has 0 aliphatic heterocycles. The van der Waals surface area contributed by atoms with Gasteiger partial charge >= 0.3 is 0 Å². The summed E-state index contributed by atoms with van der Waals surface area (Å²) in [5.41, 5.74) is -0.0527. The van der Waals surface area contributed by atoms with Crippen LogP contribution in [-0.2, 0) is 11.3 Å². The molecule has 1 aromatic rings. The molecule has 1 saturated carbocycles. The topological polar surface area (TPSA) is 71.9 Å². The number of nitrogens with zero attached hydrogens (tertiary/aromatic N) is 3. The fourth-order valence-electron chi connectivity index (χ4n) is 2.10. The average Bonchev–Trinajstić information content (AvgIpc) is 2.65. The van der Waals surface area contributed by atoms with Crippen LogP contribution in [0.3, 0.4) is 0 Å². The molecule has 1 heterocycles. The molecule has 0 N–H and O–H groups in total. The van der Waals surface area contributed by atoms with Crippen LogP contribution in [0.4, 0.5) is 0 Å². The minimum atomic E-state index is -0.0527. The van der Waals surface area contributed by atoms with Crippen LogP contribution in [0.25, 0.3) is 0 Å². The molecular formula is C12H17N3O2. The van der Waals surface area contributed by atoms with E-state index in [4.69, 9.17) is 14.5 Å². The van der Waals surface area contributed by atoms with E-state index in [1.54, 1.807) is 0 Å². The molecular weight excluding hydrogens is 218 g/mol. The molecule has 17 heavy (non-hydrogen) atoms. The van der Waals surface area contributed by atoms with Gasteiger partial charge in [0.2, 0.25) is 5.89 Å². The summed E-state index contributed by atoms with van der Waals surface area (Å²) in [6.45, 7) is 7.21.